The second-order valence-electron chi connectivity index (χ2n) is 5.19. The lowest BCUT2D eigenvalue weighted by atomic mass is 10.1. The maximum absolute atomic E-state index is 13.7. The van der Waals surface area contributed by atoms with Gasteiger partial charge in [-0.3, -0.25) is 4.79 Å². The summed E-state index contributed by atoms with van der Waals surface area (Å²) >= 11 is 1.65. The van der Waals surface area contributed by atoms with Gasteiger partial charge in [0.15, 0.2) is 0 Å². The Hall–Kier alpha value is -1.72. The summed E-state index contributed by atoms with van der Waals surface area (Å²) in [6.07, 6.45) is 0. The van der Waals surface area contributed by atoms with Crippen LogP contribution in [0.4, 0.5) is 4.39 Å². The van der Waals surface area contributed by atoms with E-state index >= 15 is 0 Å². The quantitative estimate of drug-likeness (QED) is 0.920. The minimum Gasteiger partial charge on any atom is -0.350 e. The molecule has 1 unspecified atom stereocenters. The van der Waals surface area contributed by atoms with Gasteiger partial charge in [0.2, 0.25) is 0 Å². The minimum absolute atomic E-state index is 0.0850. The Balaban J connectivity index is 2.07. The standard InChI is InChI=1S/C16H19FN2OS/c1-11-6-7-13(17)12(9-11)16(20)18-10-14(19(2)3)15-5-4-8-21-15/h4-9,14H,10H2,1-3H3,(H,18,20). The normalized spacial score (nSPS) is 12.4. The molecule has 0 saturated heterocycles. The van der Waals surface area contributed by atoms with Crippen LogP contribution in [0.1, 0.15) is 26.8 Å². The lowest BCUT2D eigenvalue weighted by Gasteiger charge is -2.23. The van der Waals surface area contributed by atoms with Crippen LogP contribution in [-0.2, 0) is 0 Å². The fourth-order valence-electron chi connectivity index (χ4n) is 2.12. The number of nitrogens with zero attached hydrogens (tertiary/aromatic N) is 1. The lowest BCUT2D eigenvalue weighted by molar-refractivity contribution is 0.0938. The Morgan fingerprint density at radius 2 is 2.14 bits per heavy atom. The van der Waals surface area contributed by atoms with Gasteiger partial charge in [-0.15, -0.1) is 11.3 Å². The third-order valence-electron chi connectivity index (χ3n) is 3.32. The van der Waals surface area contributed by atoms with E-state index in [2.05, 4.69) is 5.32 Å². The number of nitrogens with one attached hydrogen (secondary N) is 1. The summed E-state index contributed by atoms with van der Waals surface area (Å²) in [5, 5.41) is 4.83. The molecule has 3 nitrogen and oxygen atoms in total. The highest BCUT2D eigenvalue weighted by Crippen LogP contribution is 2.22. The van der Waals surface area contributed by atoms with Crippen molar-refractivity contribution in [2.24, 2.45) is 0 Å². The van der Waals surface area contributed by atoms with Gasteiger partial charge in [0.25, 0.3) is 5.91 Å². The van der Waals surface area contributed by atoms with E-state index in [1.54, 1.807) is 23.5 Å². The first-order valence-corrected chi connectivity index (χ1v) is 7.61. The maximum Gasteiger partial charge on any atom is 0.254 e. The largest absolute Gasteiger partial charge is 0.350 e. The molecule has 5 heteroatoms. The highest BCUT2D eigenvalue weighted by atomic mass is 32.1. The molecule has 1 amide bonds. The van der Waals surface area contributed by atoms with Crippen molar-refractivity contribution in [1.29, 1.82) is 0 Å². The molecule has 0 spiro atoms. The van der Waals surface area contributed by atoms with Crippen LogP contribution in [0.25, 0.3) is 0 Å². The van der Waals surface area contributed by atoms with E-state index in [-0.39, 0.29) is 17.5 Å². The summed E-state index contributed by atoms with van der Waals surface area (Å²) in [4.78, 5) is 15.4. The highest BCUT2D eigenvalue weighted by molar-refractivity contribution is 7.10. The maximum atomic E-state index is 13.7. The summed E-state index contributed by atoms with van der Waals surface area (Å²) < 4.78 is 13.7. The van der Waals surface area contributed by atoms with Crippen LogP contribution in [0, 0.1) is 12.7 Å². The predicted molar refractivity (Wildman–Crippen MR) is 84.2 cm³/mol. The first-order valence-electron chi connectivity index (χ1n) is 6.73. The monoisotopic (exact) mass is 306 g/mol. The number of aryl methyl sites for hydroxylation is 1. The number of carbonyl (C=O) groups is 1. The van der Waals surface area contributed by atoms with E-state index in [1.807, 2.05) is 43.4 Å². The molecule has 0 fully saturated rings. The topological polar surface area (TPSA) is 32.3 Å². The molecule has 0 aliphatic heterocycles. The van der Waals surface area contributed by atoms with Crippen LogP contribution < -0.4 is 5.32 Å². The third kappa shape index (κ3) is 3.89. The zero-order chi connectivity index (χ0) is 15.4. The molecular formula is C16H19FN2OS. The van der Waals surface area contributed by atoms with E-state index in [4.69, 9.17) is 0 Å². The molecule has 0 aliphatic carbocycles. The van der Waals surface area contributed by atoms with Crippen molar-refractivity contribution in [1.82, 2.24) is 10.2 Å². The van der Waals surface area contributed by atoms with Crippen molar-refractivity contribution in [3.8, 4) is 0 Å². The van der Waals surface area contributed by atoms with Gasteiger partial charge in [-0.05, 0) is 44.6 Å². The molecule has 1 N–H and O–H groups in total. The van der Waals surface area contributed by atoms with E-state index < -0.39 is 5.82 Å². The molecule has 1 atom stereocenters. The summed E-state index contributed by atoms with van der Waals surface area (Å²) in [5.41, 5.74) is 0.961. The molecule has 1 heterocycles. The van der Waals surface area contributed by atoms with Crippen LogP contribution in [0.15, 0.2) is 35.7 Å². The van der Waals surface area contributed by atoms with E-state index in [9.17, 15) is 9.18 Å². The van der Waals surface area contributed by atoms with Crippen LogP contribution in [0.5, 0.6) is 0 Å². The summed E-state index contributed by atoms with van der Waals surface area (Å²) in [7, 11) is 3.92. The average molecular weight is 306 g/mol. The Bertz CT molecular complexity index is 611. The van der Waals surface area contributed by atoms with Crippen LogP contribution in [0.2, 0.25) is 0 Å². The van der Waals surface area contributed by atoms with Crippen molar-refractivity contribution >= 4 is 17.2 Å². The van der Waals surface area contributed by atoms with E-state index in [0.717, 1.165) is 5.56 Å². The highest BCUT2D eigenvalue weighted by Gasteiger charge is 2.18. The number of amides is 1. The van der Waals surface area contributed by atoms with Gasteiger partial charge in [0, 0.05) is 11.4 Å². The fourth-order valence-corrected chi connectivity index (χ4v) is 3.04. The van der Waals surface area contributed by atoms with Crippen molar-refractivity contribution in [3.63, 3.8) is 0 Å². The van der Waals surface area contributed by atoms with E-state index in [0.29, 0.717) is 6.54 Å². The number of carbonyl (C=O) groups excluding carboxylic acids is 1. The van der Waals surface area contributed by atoms with Crippen molar-refractivity contribution < 1.29 is 9.18 Å². The number of hydrogen-bond acceptors (Lipinski definition) is 3. The third-order valence-corrected chi connectivity index (χ3v) is 4.29. The number of halogens is 1. The fraction of sp³-hybridized carbons (Fsp3) is 0.312. The molecule has 21 heavy (non-hydrogen) atoms. The number of rotatable bonds is 5. The number of thiophene rings is 1. The first-order chi connectivity index (χ1) is 9.99. The number of benzene rings is 1. The zero-order valence-corrected chi connectivity index (χ0v) is 13.2. The van der Waals surface area contributed by atoms with Gasteiger partial charge in [0.1, 0.15) is 5.82 Å². The lowest BCUT2D eigenvalue weighted by Crippen LogP contribution is -2.34. The summed E-state index contributed by atoms with van der Waals surface area (Å²) in [6.45, 7) is 2.28. The van der Waals surface area contributed by atoms with Gasteiger partial charge in [0.05, 0.1) is 11.6 Å². The smallest absolute Gasteiger partial charge is 0.254 e. The Kier molecular flexibility index (Phi) is 5.09. The van der Waals surface area contributed by atoms with E-state index in [1.165, 1.54) is 10.9 Å². The SMILES string of the molecule is Cc1ccc(F)c(C(=O)NCC(c2cccs2)N(C)C)c1. The Morgan fingerprint density at radius 3 is 2.76 bits per heavy atom. The molecular weight excluding hydrogens is 287 g/mol. The van der Waals surface area contributed by atoms with Crippen molar-refractivity contribution in [3.05, 3.63) is 57.5 Å². The summed E-state index contributed by atoms with van der Waals surface area (Å²) in [5.74, 6) is -0.866. The second-order valence-corrected chi connectivity index (χ2v) is 6.17. The Labute approximate surface area is 128 Å². The molecule has 2 rings (SSSR count). The van der Waals surface area contributed by atoms with Gasteiger partial charge in [-0.25, -0.2) is 4.39 Å². The second kappa shape index (κ2) is 6.83. The zero-order valence-electron chi connectivity index (χ0n) is 12.4. The Morgan fingerprint density at radius 1 is 1.38 bits per heavy atom. The van der Waals surface area contributed by atoms with Crippen LogP contribution in [0.3, 0.4) is 0 Å². The van der Waals surface area contributed by atoms with Crippen molar-refractivity contribution in [2.75, 3.05) is 20.6 Å². The molecule has 0 aliphatic rings. The van der Waals surface area contributed by atoms with Gasteiger partial charge in [-0.1, -0.05) is 17.7 Å². The van der Waals surface area contributed by atoms with Crippen LogP contribution in [-0.4, -0.2) is 31.4 Å². The number of likely N-dealkylation sites (N-methyl/N-ethyl adjacent to an activating group) is 1. The first kappa shape index (κ1) is 15.7. The molecule has 0 saturated carbocycles. The van der Waals surface area contributed by atoms with Crippen molar-refractivity contribution in [2.45, 2.75) is 13.0 Å². The minimum atomic E-state index is -0.490. The molecule has 0 radical (unpaired) electrons. The molecule has 1 aromatic heterocycles. The molecule has 2 aromatic rings. The van der Waals surface area contributed by atoms with Gasteiger partial charge >= 0.3 is 0 Å². The average Bonchev–Trinajstić information content (AvgIpc) is 2.95. The predicted octanol–water partition coefficient (Wildman–Crippen LogP) is 3.23. The molecule has 112 valence electrons. The molecule has 1 aromatic carbocycles. The van der Waals surface area contributed by atoms with Gasteiger partial charge < -0.3 is 10.2 Å². The van der Waals surface area contributed by atoms with Gasteiger partial charge in [-0.2, -0.15) is 0 Å². The molecule has 0 bridgehead atoms. The number of hydrogen-bond donors (Lipinski definition) is 1. The van der Waals surface area contributed by atoms with Crippen LogP contribution >= 0.6 is 11.3 Å². The summed E-state index contributed by atoms with van der Waals surface area (Å²) in [6, 6.07) is 8.66.